The zero-order chi connectivity index (χ0) is 12.1. The third kappa shape index (κ3) is 3.38. The average Bonchev–Trinajstić information content (AvgIpc) is 2.98. The second kappa shape index (κ2) is 5.93. The molecule has 0 radical (unpaired) electrons. The highest BCUT2D eigenvalue weighted by molar-refractivity contribution is 7.98. The Morgan fingerprint density at radius 3 is 3.06 bits per heavy atom. The molecule has 2 heterocycles. The summed E-state index contributed by atoms with van der Waals surface area (Å²) in [6, 6.07) is 5.60. The minimum Gasteiger partial charge on any atom is -0.461 e. The van der Waals surface area contributed by atoms with Gasteiger partial charge < -0.3 is 14.7 Å². The summed E-state index contributed by atoms with van der Waals surface area (Å²) >= 11 is 1.82. The first-order chi connectivity index (χ1) is 8.29. The van der Waals surface area contributed by atoms with E-state index in [9.17, 15) is 0 Å². The predicted molar refractivity (Wildman–Crippen MR) is 68.6 cm³/mol. The molecule has 0 spiro atoms. The lowest BCUT2D eigenvalue weighted by Gasteiger charge is -2.05. The zero-order valence-corrected chi connectivity index (χ0v) is 10.6. The maximum Gasteiger partial charge on any atom is 0.202 e. The van der Waals surface area contributed by atoms with Gasteiger partial charge >= 0.3 is 0 Å². The van der Waals surface area contributed by atoms with Gasteiger partial charge in [0.2, 0.25) is 5.76 Å². The minimum atomic E-state index is 0.538. The molecule has 0 aromatic carbocycles. The van der Waals surface area contributed by atoms with Gasteiger partial charge in [-0.15, -0.1) is 0 Å². The normalized spacial score (nSPS) is 12.8. The number of nitrogens with zero attached hydrogens (tertiary/aromatic N) is 1. The van der Waals surface area contributed by atoms with E-state index in [0.717, 1.165) is 23.7 Å². The van der Waals surface area contributed by atoms with E-state index in [-0.39, 0.29) is 0 Å². The van der Waals surface area contributed by atoms with Gasteiger partial charge in [-0.05, 0) is 30.3 Å². The number of nitrogens with two attached hydrogens (primary N) is 1. The molecule has 0 aliphatic carbocycles. The molecule has 0 saturated carbocycles. The summed E-state index contributed by atoms with van der Waals surface area (Å²) in [5.74, 6) is 3.81. The highest BCUT2D eigenvalue weighted by Crippen LogP contribution is 2.23. The first kappa shape index (κ1) is 12.3. The van der Waals surface area contributed by atoms with Crippen molar-refractivity contribution in [2.24, 2.45) is 11.7 Å². The number of aromatic nitrogens is 1. The molecule has 0 saturated heterocycles. The highest BCUT2D eigenvalue weighted by Gasteiger charge is 2.09. The van der Waals surface area contributed by atoms with E-state index in [1.807, 2.05) is 30.0 Å². The monoisotopic (exact) mass is 252 g/mol. The second-order valence-electron chi connectivity index (χ2n) is 4.02. The number of thioether (sulfide) groups is 1. The van der Waals surface area contributed by atoms with E-state index in [4.69, 9.17) is 14.7 Å². The summed E-state index contributed by atoms with van der Waals surface area (Å²) in [6.07, 6.45) is 1.62. The summed E-state index contributed by atoms with van der Waals surface area (Å²) in [4.78, 5) is 0. The van der Waals surface area contributed by atoms with Crippen LogP contribution in [0.5, 0.6) is 0 Å². The first-order valence-electron chi connectivity index (χ1n) is 5.57. The van der Waals surface area contributed by atoms with Crippen LogP contribution >= 0.6 is 11.8 Å². The Bertz CT molecular complexity index is 439. The van der Waals surface area contributed by atoms with E-state index >= 15 is 0 Å². The van der Waals surface area contributed by atoms with Crippen LogP contribution in [0.15, 0.2) is 33.4 Å². The summed E-state index contributed by atoms with van der Waals surface area (Å²) in [5, 5.41) is 4.01. The molecule has 0 bridgehead atoms. The van der Waals surface area contributed by atoms with Crippen molar-refractivity contribution in [1.82, 2.24) is 5.16 Å². The number of furan rings is 1. The molecular weight excluding hydrogens is 236 g/mol. The SMILES string of the molecule is CC(CN)CSCc1cc(-c2ccco2)on1. The molecule has 0 aliphatic rings. The van der Waals surface area contributed by atoms with Crippen LogP contribution in [0.2, 0.25) is 0 Å². The quantitative estimate of drug-likeness (QED) is 0.856. The standard InChI is InChI=1S/C12H16N2O2S/c1-9(6-13)7-17-8-10-5-12(16-14-10)11-3-2-4-15-11/h2-5,9H,6-8,13H2,1H3. The summed E-state index contributed by atoms with van der Waals surface area (Å²) < 4.78 is 10.4. The third-order valence-corrected chi connectivity index (χ3v) is 3.68. The van der Waals surface area contributed by atoms with Crippen LogP contribution < -0.4 is 5.73 Å². The van der Waals surface area contributed by atoms with Crippen molar-refractivity contribution < 1.29 is 8.94 Å². The molecular formula is C12H16N2O2S. The minimum absolute atomic E-state index is 0.538. The molecule has 0 fully saturated rings. The van der Waals surface area contributed by atoms with Gasteiger partial charge in [0.15, 0.2) is 5.76 Å². The Morgan fingerprint density at radius 1 is 1.47 bits per heavy atom. The van der Waals surface area contributed by atoms with Crippen LogP contribution in [0.1, 0.15) is 12.6 Å². The van der Waals surface area contributed by atoms with Gasteiger partial charge in [0.1, 0.15) is 0 Å². The number of hydrogen-bond donors (Lipinski definition) is 1. The van der Waals surface area contributed by atoms with Gasteiger partial charge in [0, 0.05) is 11.8 Å². The van der Waals surface area contributed by atoms with Gasteiger partial charge in [0.05, 0.1) is 12.0 Å². The fraction of sp³-hybridized carbons (Fsp3) is 0.417. The highest BCUT2D eigenvalue weighted by atomic mass is 32.2. The predicted octanol–water partition coefficient (Wildman–Crippen LogP) is 2.76. The largest absolute Gasteiger partial charge is 0.461 e. The van der Waals surface area contributed by atoms with E-state index in [0.29, 0.717) is 17.4 Å². The van der Waals surface area contributed by atoms with Crippen molar-refractivity contribution in [3.05, 3.63) is 30.2 Å². The van der Waals surface area contributed by atoms with Crippen molar-refractivity contribution in [3.8, 4) is 11.5 Å². The maximum absolute atomic E-state index is 5.56. The van der Waals surface area contributed by atoms with Gasteiger partial charge in [-0.2, -0.15) is 11.8 Å². The van der Waals surface area contributed by atoms with Crippen molar-refractivity contribution in [2.75, 3.05) is 12.3 Å². The topological polar surface area (TPSA) is 65.2 Å². The molecule has 2 rings (SSSR count). The summed E-state index contributed by atoms with van der Waals surface area (Å²) in [5.41, 5.74) is 6.50. The lowest BCUT2D eigenvalue weighted by Crippen LogP contribution is -2.12. The number of rotatable bonds is 6. The average molecular weight is 252 g/mol. The lowest BCUT2D eigenvalue weighted by molar-refractivity contribution is 0.413. The van der Waals surface area contributed by atoms with E-state index in [1.54, 1.807) is 6.26 Å². The van der Waals surface area contributed by atoms with Gasteiger partial charge in [-0.3, -0.25) is 0 Å². The molecule has 2 aromatic rings. The van der Waals surface area contributed by atoms with Crippen molar-refractivity contribution in [1.29, 1.82) is 0 Å². The van der Waals surface area contributed by atoms with E-state index < -0.39 is 0 Å². The smallest absolute Gasteiger partial charge is 0.202 e. The van der Waals surface area contributed by atoms with Crippen molar-refractivity contribution >= 4 is 11.8 Å². The van der Waals surface area contributed by atoms with Gasteiger partial charge in [-0.1, -0.05) is 12.1 Å². The fourth-order valence-corrected chi connectivity index (χ4v) is 2.35. The van der Waals surface area contributed by atoms with Crippen molar-refractivity contribution in [2.45, 2.75) is 12.7 Å². The molecule has 17 heavy (non-hydrogen) atoms. The van der Waals surface area contributed by atoms with Crippen LogP contribution in [-0.4, -0.2) is 17.5 Å². The molecule has 92 valence electrons. The molecule has 2 N–H and O–H groups in total. The Hall–Kier alpha value is -1.20. The molecule has 1 atom stereocenters. The zero-order valence-electron chi connectivity index (χ0n) is 9.76. The second-order valence-corrected chi connectivity index (χ2v) is 5.05. The maximum atomic E-state index is 5.56. The lowest BCUT2D eigenvalue weighted by atomic mass is 10.2. The summed E-state index contributed by atoms with van der Waals surface area (Å²) in [7, 11) is 0. The Morgan fingerprint density at radius 2 is 2.35 bits per heavy atom. The Labute approximate surface area is 105 Å². The molecule has 4 nitrogen and oxygen atoms in total. The van der Waals surface area contributed by atoms with Gasteiger partial charge in [0.25, 0.3) is 0 Å². The van der Waals surface area contributed by atoms with Crippen molar-refractivity contribution in [3.63, 3.8) is 0 Å². The molecule has 0 aliphatic heterocycles. The summed E-state index contributed by atoms with van der Waals surface area (Å²) in [6.45, 7) is 2.87. The van der Waals surface area contributed by atoms with Crippen LogP contribution in [0.4, 0.5) is 0 Å². The number of hydrogen-bond acceptors (Lipinski definition) is 5. The van der Waals surface area contributed by atoms with Crippen LogP contribution in [0.25, 0.3) is 11.5 Å². The van der Waals surface area contributed by atoms with E-state index in [1.165, 1.54) is 0 Å². The van der Waals surface area contributed by atoms with Crippen LogP contribution in [0, 0.1) is 5.92 Å². The molecule has 1 unspecified atom stereocenters. The van der Waals surface area contributed by atoms with Crippen LogP contribution in [-0.2, 0) is 5.75 Å². The van der Waals surface area contributed by atoms with Gasteiger partial charge in [-0.25, -0.2) is 0 Å². The first-order valence-corrected chi connectivity index (χ1v) is 6.72. The molecule has 0 amide bonds. The molecule has 5 heteroatoms. The van der Waals surface area contributed by atoms with E-state index in [2.05, 4.69) is 12.1 Å². The van der Waals surface area contributed by atoms with Crippen LogP contribution in [0.3, 0.4) is 0 Å². The Balaban J connectivity index is 1.87. The third-order valence-electron chi connectivity index (χ3n) is 2.38. The Kier molecular flexibility index (Phi) is 4.28. The molecule has 2 aromatic heterocycles. The fourth-order valence-electron chi connectivity index (χ4n) is 1.35.